The number of rotatable bonds is 9. The van der Waals surface area contributed by atoms with Crippen molar-refractivity contribution in [2.24, 2.45) is 17.3 Å². The molecule has 0 saturated heterocycles. The zero-order valence-corrected chi connectivity index (χ0v) is 18.6. The fraction of sp³-hybridized carbons (Fsp3) is 0.913. The van der Waals surface area contributed by atoms with Gasteiger partial charge in [0.25, 0.3) is 0 Å². The number of hydrogen-bond donors (Lipinski definition) is 1. The van der Waals surface area contributed by atoms with Gasteiger partial charge in [0.2, 0.25) is 0 Å². The van der Waals surface area contributed by atoms with Crippen LogP contribution >= 0.6 is 0 Å². The van der Waals surface area contributed by atoms with Crippen LogP contribution in [0.4, 0.5) is 0 Å². The molecular formula is C23H43NO2. The molecule has 1 aliphatic rings. The molecule has 0 aromatic carbocycles. The van der Waals surface area contributed by atoms with Gasteiger partial charge in [0.1, 0.15) is 11.6 Å². The van der Waals surface area contributed by atoms with Crippen LogP contribution in [0.2, 0.25) is 0 Å². The van der Waals surface area contributed by atoms with Crippen molar-refractivity contribution in [2.45, 2.75) is 118 Å². The van der Waals surface area contributed by atoms with Gasteiger partial charge in [-0.25, -0.2) is 0 Å². The van der Waals surface area contributed by atoms with Crippen molar-refractivity contribution < 1.29 is 9.59 Å². The number of carbonyl (C=O) groups excluding carboxylic acids is 2. The second kappa shape index (κ2) is 8.99. The van der Waals surface area contributed by atoms with E-state index in [2.05, 4.69) is 39.9 Å². The van der Waals surface area contributed by atoms with E-state index in [0.717, 1.165) is 19.3 Å². The summed E-state index contributed by atoms with van der Waals surface area (Å²) in [7, 11) is 0. The smallest absolute Gasteiger partial charge is 0.150 e. The zero-order chi connectivity index (χ0) is 20.2. The van der Waals surface area contributed by atoms with Gasteiger partial charge in [-0.3, -0.25) is 14.9 Å². The molecule has 2 unspecified atom stereocenters. The molecule has 0 heterocycles. The van der Waals surface area contributed by atoms with Crippen molar-refractivity contribution in [2.75, 3.05) is 0 Å². The first-order chi connectivity index (χ1) is 11.8. The lowest BCUT2D eigenvalue weighted by atomic mass is 9.57. The summed E-state index contributed by atoms with van der Waals surface area (Å²) in [6.07, 6.45) is 8.88. The number of ketones is 2. The van der Waals surface area contributed by atoms with E-state index in [1.807, 2.05) is 6.92 Å². The molecule has 1 rings (SSSR count). The van der Waals surface area contributed by atoms with Crippen LogP contribution in [0.3, 0.4) is 0 Å². The van der Waals surface area contributed by atoms with E-state index >= 15 is 0 Å². The maximum absolute atomic E-state index is 13.1. The predicted molar refractivity (Wildman–Crippen MR) is 110 cm³/mol. The Labute approximate surface area is 162 Å². The fourth-order valence-electron chi connectivity index (χ4n) is 4.95. The van der Waals surface area contributed by atoms with Gasteiger partial charge in [-0.2, -0.15) is 0 Å². The highest BCUT2D eigenvalue weighted by molar-refractivity contribution is 5.87. The Morgan fingerprint density at radius 3 is 1.96 bits per heavy atom. The molecule has 152 valence electrons. The summed E-state index contributed by atoms with van der Waals surface area (Å²) in [6, 6.07) is 0. The topological polar surface area (TPSA) is 46.2 Å². The first-order valence-corrected chi connectivity index (χ1v) is 10.6. The molecule has 0 aliphatic heterocycles. The maximum atomic E-state index is 13.1. The van der Waals surface area contributed by atoms with Crippen LogP contribution in [0.15, 0.2) is 0 Å². The highest BCUT2D eigenvalue weighted by atomic mass is 16.1. The van der Waals surface area contributed by atoms with Crippen LogP contribution in [0, 0.1) is 17.3 Å². The van der Waals surface area contributed by atoms with E-state index < -0.39 is 5.54 Å². The molecule has 0 aromatic rings. The summed E-state index contributed by atoms with van der Waals surface area (Å²) in [4.78, 5) is 24.7. The standard InChI is InChI=1S/C23H43NO2/c1-17(18(2)25)13-12-16-23(19(3)26,24-21(4,5)6)22(7,8)20-14-10-9-11-15-20/h17,20,24H,9-16H2,1-8H3. The van der Waals surface area contributed by atoms with E-state index in [1.165, 1.54) is 32.1 Å². The van der Waals surface area contributed by atoms with E-state index in [0.29, 0.717) is 5.92 Å². The second-order valence-corrected chi connectivity index (χ2v) is 10.3. The molecule has 3 heteroatoms. The molecule has 0 radical (unpaired) electrons. The van der Waals surface area contributed by atoms with Crippen molar-refractivity contribution >= 4 is 11.6 Å². The van der Waals surface area contributed by atoms with Crippen LogP contribution in [0.5, 0.6) is 0 Å². The minimum atomic E-state index is -0.538. The lowest BCUT2D eigenvalue weighted by molar-refractivity contribution is -0.133. The molecular weight excluding hydrogens is 322 g/mol. The van der Waals surface area contributed by atoms with Crippen molar-refractivity contribution in [3.05, 3.63) is 0 Å². The van der Waals surface area contributed by atoms with Crippen LogP contribution in [0.1, 0.15) is 107 Å². The summed E-state index contributed by atoms with van der Waals surface area (Å²) in [5, 5.41) is 3.78. The van der Waals surface area contributed by atoms with Crippen LogP contribution in [-0.2, 0) is 9.59 Å². The third-order valence-electron chi connectivity index (χ3n) is 6.80. The highest BCUT2D eigenvalue weighted by Crippen LogP contribution is 2.48. The number of nitrogens with one attached hydrogen (secondary N) is 1. The fourth-order valence-corrected chi connectivity index (χ4v) is 4.95. The summed E-state index contributed by atoms with van der Waals surface area (Å²) in [5.74, 6) is 1.14. The minimum absolute atomic E-state index is 0.0760. The van der Waals surface area contributed by atoms with Gasteiger partial charge < -0.3 is 0 Å². The maximum Gasteiger partial charge on any atom is 0.150 e. The predicted octanol–water partition coefficient (Wildman–Crippen LogP) is 5.70. The first kappa shape index (κ1) is 23.3. The lowest BCUT2D eigenvalue weighted by Crippen LogP contribution is -2.67. The van der Waals surface area contributed by atoms with Crippen molar-refractivity contribution in [1.29, 1.82) is 0 Å². The van der Waals surface area contributed by atoms with Gasteiger partial charge in [-0.1, -0.05) is 46.5 Å². The molecule has 3 nitrogen and oxygen atoms in total. The summed E-state index contributed by atoms with van der Waals surface area (Å²) in [5.41, 5.74) is -0.778. The van der Waals surface area contributed by atoms with Crippen molar-refractivity contribution in [3.63, 3.8) is 0 Å². The number of carbonyl (C=O) groups is 2. The summed E-state index contributed by atoms with van der Waals surface area (Å²) in [6.45, 7) is 16.5. The van der Waals surface area contributed by atoms with E-state index in [9.17, 15) is 9.59 Å². The number of Topliss-reactive ketones (excluding diaryl/α,β-unsaturated/α-hetero) is 2. The molecule has 0 aromatic heterocycles. The third kappa shape index (κ3) is 5.65. The molecule has 1 N–H and O–H groups in total. The van der Waals surface area contributed by atoms with Crippen LogP contribution in [0.25, 0.3) is 0 Å². The number of hydrogen-bond acceptors (Lipinski definition) is 3. The van der Waals surface area contributed by atoms with Gasteiger partial charge in [-0.05, 0) is 71.6 Å². The average molecular weight is 366 g/mol. The largest absolute Gasteiger partial charge is 0.300 e. The molecule has 2 atom stereocenters. The Morgan fingerprint density at radius 1 is 1.00 bits per heavy atom. The van der Waals surface area contributed by atoms with Crippen molar-refractivity contribution in [1.82, 2.24) is 5.32 Å². The molecule has 1 saturated carbocycles. The SMILES string of the molecule is CC(=O)C(C)CCCC(NC(C)(C)C)(C(C)=O)C(C)(C)C1CCCCC1. The Morgan fingerprint density at radius 2 is 1.54 bits per heavy atom. The summed E-state index contributed by atoms with van der Waals surface area (Å²) >= 11 is 0. The van der Waals surface area contributed by atoms with Gasteiger partial charge in [0, 0.05) is 11.5 Å². The Bertz CT molecular complexity index is 483. The molecule has 1 fully saturated rings. The van der Waals surface area contributed by atoms with Crippen molar-refractivity contribution in [3.8, 4) is 0 Å². The molecule has 0 bridgehead atoms. The monoisotopic (exact) mass is 365 g/mol. The molecule has 0 amide bonds. The van der Waals surface area contributed by atoms with Crippen LogP contribution in [-0.4, -0.2) is 22.6 Å². The Hall–Kier alpha value is -0.700. The summed E-state index contributed by atoms with van der Waals surface area (Å²) < 4.78 is 0. The van der Waals surface area contributed by atoms with Gasteiger partial charge in [-0.15, -0.1) is 0 Å². The normalized spacial score (nSPS) is 20.5. The molecule has 0 spiro atoms. The quantitative estimate of drug-likeness (QED) is 0.569. The highest BCUT2D eigenvalue weighted by Gasteiger charge is 2.53. The van der Waals surface area contributed by atoms with E-state index in [-0.39, 0.29) is 28.4 Å². The lowest BCUT2D eigenvalue weighted by Gasteiger charge is -2.54. The first-order valence-electron chi connectivity index (χ1n) is 10.6. The van der Waals surface area contributed by atoms with E-state index in [4.69, 9.17) is 0 Å². The molecule has 26 heavy (non-hydrogen) atoms. The zero-order valence-electron chi connectivity index (χ0n) is 18.6. The van der Waals surface area contributed by atoms with Crippen LogP contribution < -0.4 is 5.32 Å². The Kier molecular flexibility index (Phi) is 8.07. The minimum Gasteiger partial charge on any atom is -0.300 e. The van der Waals surface area contributed by atoms with Gasteiger partial charge in [0.05, 0.1) is 5.54 Å². The second-order valence-electron chi connectivity index (χ2n) is 10.3. The molecule has 1 aliphatic carbocycles. The van der Waals surface area contributed by atoms with Gasteiger partial charge in [0.15, 0.2) is 0 Å². The Balaban J connectivity index is 3.16. The third-order valence-corrected chi connectivity index (χ3v) is 6.80. The average Bonchev–Trinajstić information content (AvgIpc) is 2.52. The van der Waals surface area contributed by atoms with E-state index in [1.54, 1.807) is 13.8 Å². The van der Waals surface area contributed by atoms with Gasteiger partial charge >= 0.3 is 0 Å².